The van der Waals surface area contributed by atoms with Gasteiger partial charge in [-0.1, -0.05) is 0 Å². The smallest absolute Gasteiger partial charge is 0.323 e. The van der Waals surface area contributed by atoms with Crippen molar-refractivity contribution >= 4 is 11.9 Å². The summed E-state index contributed by atoms with van der Waals surface area (Å²) in [6, 6.07) is 2.05. The highest BCUT2D eigenvalue weighted by molar-refractivity contribution is 5.96. The Hall–Kier alpha value is -1.98. The minimum Gasteiger partial charge on any atom is -0.480 e. The number of amides is 1. The summed E-state index contributed by atoms with van der Waals surface area (Å²) in [4.78, 5) is 23.5. The zero-order valence-electron chi connectivity index (χ0n) is 9.98. The van der Waals surface area contributed by atoms with E-state index in [0.717, 1.165) is 23.1 Å². The first kappa shape index (κ1) is 14.1. The lowest BCUT2D eigenvalue weighted by Gasteiger charge is -2.25. The molecule has 0 radical (unpaired) electrons. The monoisotopic (exact) mass is 257 g/mol. The molecule has 1 amide bonds. The van der Waals surface area contributed by atoms with Gasteiger partial charge in [0.1, 0.15) is 18.2 Å². The maximum Gasteiger partial charge on any atom is 0.323 e. The quantitative estimate of drug-likeness (QED) is 0.896. The third-order valence-electron chi connectivity index (χ3n) is 2.35. The third-order valence-corrected chi connectivity index (χ3v) is 2.35. The van der Waals surface area contributed by atoms with Crippen molar-refractivity contribution in [1.29, 1.82) is 0 Å². The molecule has 0 atom stereocenters. The van der Waals surface area contributed by atoms with Crippen LogP contribution in [-0.2, 0) is 4.79 Å². The van der Waals surface area contributed by atoms with Crippen LogP contribution in [0.25, 0.3) is 0 Å². The van der Waals surface area contributed by atoms with Crippen molar-refractivity contribution < 1.29 is 23.5 Å². The van der Waals surface area contributed by atoms with Gasteiger partial charge in [-0.05, 0) is 32.0 Å². The molecule has 0 fully saturated rings. The van der Waals surface area contributed by atoms with Gasteiger partial charge in [0.2, 0.25) is 0 Å². The van der Waals surface area contributed by atoms with Gasteiger partial charge in [-0.2, -0.15) is 0 Å². The minimum absolute atomic E-state index is 0.434. The topological polar surface area (TPSA) is 57.6 Å². The van der Waals surface area contributed by atoms with Gasteiger partial charge in [0, 0.05) is 6.04 Å². The van der Waals surface area contributed by atoms with Crippen molar-refractivity contribution in [2.24, 2.45) is 0 Å². The number of carboxylic acid groups (broad SMARTS) is 1. The van der Waals surface area contributed by atoms with Gasteiger partial charge >= 0.3 is 5.97 Å². The molecule has 0 aliphatic rings. The Kier molecular flexibility index (Phi) is 4.36. The fraction of sp³-hybridized carbons (Fsp3) is 0.333. The zero-order chi connectivity index (χ0) is 13.9. The van der Waals surface area contributed by atoms with Crippen LogP contribution in [0.1, 0.15) is 24.2 Å². The number of carbonyl (C=O) groups excluding carboxylic acids is 1. The van der Waals surface area contributed by atoms with E-state index in [9.17, 15) is 18.4 Å². The summed E-state index contributed by atoms with van der Waals surface area (Å²) in [5.41, 5.74) is -0.468. The summed E-state index contributed by atoms with van der Waals surface area (Å²) in [5.74, 6) is -3.69. The van der Waals surface area contributed by atoms with E-state index in [-0.39, 0.29) is 0 Å². The Balaban J connectivity index is 3.09. The van der Waals surface area contributed by atoms with E-state index < -0.39 is 41.7 Å². The molecule has 0 bridgehead atoms. The van der Waals surface area contributed by atoms with E-state index in [2.05, 4.69) is 0 Å². The van der Waals surface area contributed by atoms with Crippen LogP contribution in [0, 0.1) is 11.6 Å². The number of benzene rings is 1. The maximum absolute atomic E-state index is 13.4. The summed E-state index contributed by atoms with van der Waals surface area (Å²) in [6.07, 6.45) is 0. The average Bonchev–Trinajstić information content (AvgIpc) is 2.27. The van der Waals surface area contributed by atoms with Crippen LogP contribution in [0.15, 0.2) is 18.2 Å². The average molecular weight is 257 g/mol. The van der Waals surface area contributed by atoms with Crippen LogP contribution < -0.4 is 0 Å². The molecule has 98 valence electrons. The molecule has 0 aromatic heterocycles. The molecule has 0 saturated carbocycles. The molecule has 0 heterocycles. The predicted molar refractivity (Wildman–Crippen MR) is 60.2 cm³/mol. The van der Waals surface area contributed by atoms with Gasteiger partial charge in [0.05, 0.1) is 5.56 Å². The van der Waals surface area contributed by atoms with E-state index in [1.165, 1.54) is 0 Å². The Labute approximate surface area is 103 Å². The highest BCUT2D eigenvalue weighted by atomic mass is 19.1. The lowest BCUT2D eigenvalue weighted by Crippen LogP contribution is -2.41. The van der Waals surface area contributed by atoms with E-state index in [0.29, 0.717) is 0 Å². The second-order valence-electron chi connectivity index (χ2n) is 4.04. The maximum atomic E-state index is 13.4. The number of nitrogens with zero attached hydrogens (tertiary/aromatic N) is 1. The Morgan fingerprint density at radius 3 is 2.44 bits per heavy atom. The first-order valence-electron chi connectivity index (χ1n) is 5.30. The Morgan fingerprint density at radius 2 is 1.94 bits per heavy atom. The summed E-state index contributed by atoms with van der Waals surface area (Å²) >= 11 is 0. The molecule has 4 nitrogen and oxygen atoms in total. The lowest BCUT2D eigenvalue weighted by molar-refractivity contribution is -0.138. The van der Waals surface area contributed by atoms with Gasteiger partial charge < -0.3 is 10.0 Å². The Morgan fingerprint density at radius 1 is 1.33 bits per heavy atom. The molecule has 18 heavy (non-hydrogen) atoms. The van der Waals surface area contributed by atoms with Crippen molar-refractivity contribution in [3.8, 4) is 0 Å². The molecule has 1 aromatic rings. The van der Waals surface area contributed by atoms with Gasteiger partial charge in [0.25, 0.3) is 5.91 Å². The highest BCUT2D eigenvalue weighted by Crippen LogP contribution is 2.14. The molecule has 1 aromatic carbocycles. The standard InChI is InChI=1S/C12H13F2NO3/c1-7(2)15(6-11(16)17)12(18)9-5-8(13)3-4-10(9)14/h3-5,7H,6H2,1-2H3,(H,16,17). The number of rotatable bonds is 4. The van der Waals surface area contributed by atoms with Crippen LogP contribution in [0.2, 0.25) is 0 Å². The highest BCUT2D eigenvalue weighted by Gasteiger charge is 2.24. The summed E-state index contributed by atoms with van der Waals surface area (Å²) in [5, 5.41) is 8.69. The van der Waals surface area contributed by atoms with Gasteiger partial charge in [-0.25, -0.2) is 8.78 Å². The lowest BCUT2D eigenvalue weighted by atomic mass is 10.1. The van der Waals surface area contributed by atoms with Crippen molar-refractivity contribution in [2.75, 3.05) is 6.54 Å². The molecule has 0 aliphatic carbocycles. The minimum atomic E-state index is -1.21. The molecule has 0 spiro atoms. The fourth-order valence-electron chi connectivity index (χ4n) is 1.45. The fourth-order valence-corrected chi connectivity index (χ4v) is 1.45. The van der Waals surface area contributed by atoms with Crippen LogP contribution in [0.5, 0.6) is 0 Å². The molecular formula is C12H13F2NO3. The van der Waals surface area contributed by atoms with E-state index >= 15 is 0 Å². The molecule has 0 unspecified atom stereocenters. The van der Waals surface area contributed by atoms with Gasteiger partial charge in [-0.3, -0.25) is 9.59 Å². The number of carboxylic acids is 1. The molecule has 6 heteroatoms. The van der Waals surface area contributed by atoms with Crippen molar-refractivity contribution in [3.05, 3.63) is 35.4 Å². The van der Waals surface area contributed by atoms with E-state index in [1.54, 1.807) is 13.8 Å². The third kappa shape index (κ3) is 3.26. The largest absolute Gasteiger partial charge is 0.480 e. The van der Waals surface area contributed by atoms with Gasteiger partial charge in [-0.15, -0.1) is 0 Å². The van der Waals surface area contributed by atoms with Crippen LogP contribution in [0.4, 0.5) is 8.78 Å². The summed E-state index contributed by atoms with van der Waals surface area (Å²) in [7, 11) is 0. The number of hydrogen-bond acceptors (Lipinski definition) is 2. The normalized spacial score (nSPS) is 10.5. The van der Waals surface area contributed by atoms with E-state index in [4.69, 9.17) is 5.11 Å². The van der Waals surface area contributed by atoms with E-state index in [1.807, 2.05) is 0 Å². The van der Waals surface area contributed by atoms with Crippen molar-refractivity contribution in [3.63, 3.8) is 0 Å². The van der Waals surface area contributed by atoms with Gasteiger partial charge in [0.15, 0.2) is 0 Å². The number of carbonyl (C=O) groups is 2. The van der Waals surface area contributed by atoms with Crippen LogP contribution in [0.3, 0.4) is 0 Å². The van der Waals surface area contributed by atoms with Crippen molar-refractivity contribution in [2.45, 2.75) is 19.9 Å². The first-order chi connectivity index (χ1) is 8.32. The van der Waals surface area contributed by atoms with Crippen LogP contribution >= 0.6 is 0 Å². The molecule has 0 aliphatic heterocycles. The number of hydrogen-bond donors (Lipinski definition) is 1. The summed E-state index contributed by atoms with van der Waals surface area (Å²) < 4.78 is 26.4. The molecule has 1 rings (SSSR count). The predicted octanol–water partition coefficient (Wildman–Crippen LogP) is 1.90. The Bertz CT molecular complexity index is 474. The molecule has 0 saturated heterocycles. The summed E-state index contributed by atoms with van der Waals surface area (Å²) in [6.45, 7) is 2.63. The SMILES string of the molecule is CC(C)N(CC(=O)O)C(=O)c1cc(F)ccc1F. The first-order valence-corrected chi connectivity index (χ1v) is 5.30. The second kappa shape index (κ2) is 5.57. The van der Waals surface area contributed by atoms with Crippen LogP contribution in [-0.4, -0.2) is 34.5 Å². The molecular weight excluding hydrogens is 244 g/mol. The number of halogens is 2. The number of aliphatic carboxylic acids is 1. The molecule has 1 N–H and O–H groups in total. The van der Waals surface area contributed by atoms with Crippen molar-refractivity contribution in [1.82, 2.24) is 4.90 Å². The zero-order valence-corrected chi connectivity index (χ0v) is 9.98. The second-order valence-corrected chi connectivity index (χ2v) is 4.04.